The second-order valence-electron chi connectivity index (χ2n) is 17.8. The number of fused-ring (bicyclic) bond motifs is 5. The van der Waals surface area contributed by atoms with Crippen molar-refractivity contribution in [3.05, 3.63) is 42.0 Å². The highest BCUT2D eigenvalue weighted by Crippen LogP contribution is 2.32. The first kappa shape index (κ1) is 53.5. The molecule has 4 aliphatic rings. The molecule has 1 saturated heterocycles. The van der Waals surface area contributed by atoms with E-state index in [4.69, 9.17) is 0 Å². The van der Waals surface area contributed by atoms with E-state index in [0.717, 1.165) is 33.7 Å². The number of hydrogen-bond acceptors (Lipinski definition) is 15. The van der Waals surface area contributed by atoms with Gasteiger partial charge in [-0.2, -0.15) is 0 Å². The molecule has 1 fully saturated rings. The molecular formula is C45H59N11O14S. The molecule has 1 aromatic carbocycles. The summed E-state index contributed by atoms with van der Waals surface area (Å²) in [5.41, 5.74) is 0.972. The van der Waals surface area contributed by atoms with Crippen molar-refractivity contribution in [3.8, 4) is 0 Å². The average molecular weight is 1010 g/mol. The van der Waals surface area contributed by atoms with Crippen LogP contribution in [-0.2, 0) is 59.2 Å². The number of aliphatic hydroxyl groups is 3. The molecule has 10 atom stereocenters. The van der Waals surface area contributed by atoms with Gasteiger partial charge in [0.25, 0.3) is 11.8 Å². The maximum atomic E-state index is 14.7. The van der Waals surface area contributed by atoms with Crippen molar-refractivity contribution in [3.63, 3.8) is 0 Å². The van der Waals surface area contributed by atoms with Crippen LogP contribution in [0.25, 0.3) is 10.9 Å². The highest BCUT2D eigenvalue weighted by Gasteiger charge is 2.45. The van der Waals surface area contributed by atoms with Crippen LogP contribution in [0.5, 0.6) is 0 Å². The van der Waals surface area contributed by atoms with Gasteiger partial charge in [0.15, 0.2) is 0 Å². The number of aromatic nitrogens is 1. The lowest BCUT2D eigenvalue weighted by atomic mass is 9.93. The summed E-state index contributed by atoms with van der Waals surface area (Å²) in [5, 5.41) is 52.9. The number of nitrogens with one attached hydrogen (secondary N) is 9. The van der Waals surface area contributed by atoms with Gasteiger partial charge in [-0.05, 0) is 17.5 Å². The van der Waals surface area contributed by atoms with Gasteiger partial charge >= 0.3 is 0 Å². The molecule has 26 heteroatoms. The highest BCUT2D eigenvalue weighted by molar-refractivity contribution is 7.99. The molecule has 6 rings (SSSR count). The number of hydrogen-bond donors (Lipinski definition) is 12. The molecule has 3 unspecified atom stereocenters. The SMILES string of the molecule is CC[C@H](C)[C@@H]1NC(=O)CNC(=O)C2Cc3c([nH]c4ccccc34)SCC(NC(=O)CNC1=O)C(=O)N[C@@H](CC(=O)NCCN1C(=O)C=CC1=O)C(=O)N1CC(O)C[C@H]1C(=O)N[C@@H]([C@@H](C)[C@@H](O)CO)C(=O)N2. The zero-order chi connectivity index (χ0) is 51.7. The lowest BCUT2D eigenvalue weighted by Crippen LogP contribution is -2.62. The number of thioether (sulfide) groups is 1. The molecule has 0 radical (unpaired) electrons. The molecule has 12 N–H and O–H groups in total. The van der Waals surface area contributed by atoms with Crippen LogP contribution in [0.2, 0.25) is 0 Å². The van der Waals surface area contributed by atoms with Crippen molar-refractivity contribution in [1.29, 1.82) is 0 Å². The first-order valence-electron chi connectivity index (χ1n) is 23.1. The number of imide groups is 1. The average Bonchev–Trinajstić information content (AvgIpc) is 4.02. The number of aliphatic hydroxyl groups excluding tert-OH is 3. The maximum Gasteiger partial charge on any atom is 0.253 e. The molecular weight excluding hydrogens is 951 g/mol. The van der Waals surface area contributed by atoms with E-state index < -0.39 is 164 Å². The van der Waals surface area contributed by atoms with E-state index in [-0.39, 0.29) is 25.3 Å². The second-order valence-corrected chi connectivity index (χ2v) is 18.8. The van der Waals surface area contributed by atoms with Crippen LogP contribution in [0.3, 0.4) is 0 Å². The molecule has 25 nitrogen and oxygen atoms in total. The third kappa shape index (κ3) is 13.1. The van der Waals surface area contributed by atoms with Gasteiger partial charge in [-0.25, -0.2) is 0 Å². The lowest BCUT2D eigenvalue weighted by molar-refractivity contribution is -0.144. The number of nitrogens with zero attached hydrogens (tertiary/aromatic N) is 2. The molecule has 2 bridgehead atoms. The first-order chi connectivity index (χ1) is 33.8. The van der Waals surface area contributed by atoms with Gasteiger partial charge in [-0.15, -0.1) is 11.8 Å². The van der Waals surface area contributed by atoms with Crippen LogP contribution in [0.15, 0.2) is 41.4 Å². The van der Waals surface area contributed by atoms with Crippen LogP contribution in [0.1, 0.15) is 45.6 Å². The number of aromatic amines is 1. The standard InChI is InChI=1S/C45H59N11O14S/c1-4-21(2)37-42(68)48-16-33(61)49-29-20-71-44-25(24-7-5-6-8-26(24)52-44)14-27(39(65)47-17-34(62)53-37)50-43(69)38(22(3)31(59)19-57)54-41(67)30-13-23(58)18-56(30)45(70)28(51-40(29)66)15-32(60)46-11-12-55-35(63)9-10-36(55)64/h5-10,21-23,27-31,37-38,52,57-59H,4,11-20H2,1-3H3,(H,46,60)(H,47,65)(H,48,68)(H,49,61)(H,50,69)(H,51,66)(H,53,62)(H,54,67)/t21-,22-,23?,27?,28-,29?,30-,31-,37-,38-/m0/s1. The van der Waals surface area contributed by atoms with E-state index in [1.165, 1.54) is 6.92 Å². The van der Waals surface area contributed by atoms with Gasteiger partial charge in [0, 0.05) is 67.2 Å². The monoisotopic (exact) mass is 1010 g/mol. The molecule has 11 amide bonds. The second kappa shape index (κ2) is 23.8. The summed E-state index contributed by atoms with van der Waals surface area (Å²) in [4.78, 5) is 156. The van der Waals surface area contributed by atoms with Gasteiger partial charge in [0.1, 0.15) is 36.3 Å². The van der Waals surface area contributed by atoms with Crippen molar-refractivity contribution in [2.75, 3.05) is 45.1 Å². The minimum atomic E-state index is -1.81. The minimum absolute atomic E-state index is 0.242. The normalized spacial score (nSPS) is 26.8. The maximum absolute atomic E-state index is 14.7. The third-order valence-corrected chi connectivity index (χ3v) is 14.0. The number of amides is 11. The number of carbonyl (C=O) groups excluding carboxylic acids is 11. The molecule has 71 heavy (non-hydrogen) atoms. The van der Waals surface area contributed by atoms with E-state index in [2.05, 4.69) is 47.5 Å². The Bertz CT molecular complexity index is 2450. The summed E-state index contributed by atoms with van der Waals surface area (Å²) < 4.78 is 0. The van der Waals surface area contributed by atoms with Crippen LogP contribution in [0.4, 0.5) is 0 Å². The van der Waals surface area contributed by atoms with Gasteiger partial charge in [0.2, 0.25) is 53.2 Å². The molecule has 384 valence electrons. The fraction of sp³-hybridized carbons (Fsp3) is 0.533. The summed E-state index contributed by atoms with van der Waals surface area (Å²) in [5.74, 6) is -11.6. The zero-order valence-electron chi connectivity index (χ0n) is 39.2. The molecule has 0 aliphatic carbocycles. The van der Waals surface area contributed by atoms with Gasteiger partial charge in [-0.1, -0.05) is 45.4 Å². The van der Waals surface area contributed by atoms with Crippen molar-refractivity contribution in [2.45, 2.75) is 99.9 Å². The fourth-order valence-corrected chi connectivity index (χ4v) is 9.65. The third-order valence-electron chi connectivity index (χ3n) is 12.8. The molecule has 0 spiro atoms. The van der Waals surface area contributed by atoms with Crippen molar-refractivity contribution >= 4 is 87.6 Å². The summed E-state index contributed by atoms with van der Waals surface area (Å²) in [7, 11) is 0. The Balaban J connectivity index is 1.46. The van der Waals surface area contributed by atoms with Gasteiger partial charge < -0.3 is 67.7 Å². The largest absolute Gasteiger partial charge is 0.394 e. The van der Waals surface area contributed by atoms with Crippen molar-refractivity contribution < 1.29 is 68.1 Å². The van der Waals surface area contributed by atoms with E-state index in [1.54, 1.807) is 38.1 Å². The minimum Gasteiger partial charge on any atom is -0.394 e. The Morgan fingerprint density at radius 2 is 1.49 bits per heavy atom. The van der Waals surface area contributed by atoms with Crippen LogP contribution >= 0.6 is 11.8 Å². The number of benzene rings is 1. The fourth-order valence-electron chi connectivity index (χ4n) is 8.53. The number of carbonyl (C=O) groups is 11. The molecule has 2 aromatic rings. The predicted molar refractivity (Wildman–Crippen MR) is 250 cm³/mol. The van der Waals surface area contributed by atoms with E-state index in [1.807, 2.05) is 0 Å². The Morgan fingerprint density at radius 1 is 0.817 bits per heavy atom. The number of rotatable bonds is 10. The molecule has 4 aliphatic heterocycles. The summed E-state index contributed by atoms with van der Waals surface area (Å²) in [6.07, 6.45) is -1.98. The molecule has 0 saturated carbocycles. The van der Waals surface area contributed by atoms with Gasteiger partial charge in [0.05, 0.1) is 43.4 Å². The quantitative estimate of drug-likeness (QED) is 0.0992. The predicted octanol–water partition coefficient (Wildman–Crippen LogP) is -5.09. The topological polar surface area (TPSA) is 367 Å². The summed E-state index contributed by atoms with van der Waals surface area (Å²) in [6, 6.07) is -2.53. The van der Waals surface area contributed by atoms with Crippen LogP contribution < -0.4 is 42.5 Å². The molecule has 5 heterocycles. The van der Waals surface area contributed by atoms with Crippen LogP contribution in [0, 0.1) is 11.8 Å². The molecule has 1 aromatic heterocycles. The van der Waals surface area contributed by atoms with Crippen LogP contribution in [-0.4, -0.2) is 189 Å². The first-order valence-corrected chi connectivity index (χ1v) is 24.1. The highest BCUT2D eigenvalue weighted by atomic mass is 32.2. The van der Waals surface area contributed by atoms with E-state index >= 15 is 0 Å². The number of H-pyrrole nitrogens is 1. The lowest BCUT2D eigenvalue weighted by Gasteiger charge is -2.33. The Kier molecular flexibility index (Phi) is 17.9. The van der Waals surface area contributed by atoms with Gasteiger partial charge in [-0.3, -0.25) is 57.6 Å². The van der Waals surface area contributed by atoms with E-state index in [0.29, 0.717) is 27.9 Å². The smallest absolute Gasteiger partial charge is 0.253 e. The number of para-hydroxylation sites is 1. The Labute approximate surface area is 410 Å². The Morgan fingerprint density at radius 3 is 2.18 bits per heavy atom. The van der Waals surface area contributed by atoms with E-state index in [9.17, 15) is 68.1 Å². The summed E-state index contributed by atoms with van der Waals surface area (Å²) >= 11 is 0.996. The Hall–Kier alpha value is -6.90. The van der Waals surface area contributed by atoms with Crippen molar-refractivity contribution in [2.24, 2.45) is 11.8 Å². The zero-order valence-corrected chi connectivity index (χ0v) is 40.0. The van der Waals surface area contributed by atoms with Crippen molar-refractivity contribution in [1.82, 2.24) is 57.3 Å². The summed E-state index contributed by atoms with van der Waals surface area (Å²) in [6.45, 7) is 1.52.